The van der Waals surface area contributed by atoms with Crippen LogP contribution in [0.25, 0.3) is 0 Å². The van der Waals surface area contributed by atoms with Gasteiger partial charge in [-0.25, -0.2) is 22.3 Å². The molecule has 1 fully saturated rings. The third-order valence-electron chi connectivity index (χ3n) is 4.69. The van der Waals surface area contributed by atoms with E-state index < -0.39 is 33.1 Å². The summed E-state index contributed by atoms with van der Waals surface area (Å²) in [4.78, 5) is 24.8. The Balaban J connectivity index is 1.56. The van der Waals surface area contributed by atoms with Crippen LogP contribution in [0, 0.1) is 11.7 Å². The Morgan fingerprint density at radius 1 is 1.31 bits per heavy atom. The zero-order valence-electron chi connectivity index (χ0n) is 16.1. The molecule has 0 aliphatic heterocycles. The van der Waals surface area contributed by atoms with Gasteiger partial charge in [-0.2, -0.15) is 0 Å². The van der Waals surface area contributed by atoms with E-state index in [9.17, 15) is 22.4 Å². The third kappa shape index (κ3) is 6.26. The van der Waals surface area contributed by atoms with Gasteiger partial charge >= 0.3 is 5.69 Å². The molecule has 8 nitrogen and oxygen atoms in total. The van der Waals surface area contributed by atoms with Gasteiger partial charge in [-0.3, -0.25) is 9.78 Å². The summed E-state index contributed by atoms with van der Waals surface area (Å²) in [5.41, 5.74) is -0.493. The molecule has 1 heterocycles. The first kappa shape index (κ1) is 21.3. The quantitative estimate of drug-likeness (QED) is 0.600. The molecule has 10 heteroatoms. The minimum absolute atomic E-state index is 0.123. The van der Waals surface area contributed by atoms with Crippen molar-refractivity contribution in [2.24, 2.45) is 5.92 Å². The molecule has 1 atom stereocenters. The Hall–Kier alpha value is -2.46. The van der Waals surface area contributed by atoms with E-state index in [1.54, 1.807) is 6.92 Å². The highest BCUT2D eigenvalue weighted by atomic mass is 32.2. The number of aryl methyl sites for hydroxylation is 1. The maximum Gasteiger partial charge on any atom is 0.328 e. The van der Waals surface area contributed by atoms with Crippen LogP contribution in [0.2, 0.25) is 0 Å². The Morgan fingerprint density at radius 3 is 2.76 bits per heavy atom. The van der Waals surface area contributed by atoms with Crippen LogP contribution >= 0.6 is 0 Å². The lowest BCUT2D eigenvalue weighted by Crippen LogP contribution is -2.32. The zero-order valence-corrected chi connectivity index (χ0v) is 16.9. The molecule has 0 spiro atoms. The second kappa shape index (κ2) is 8.91. The number of aromatic nitrogens is 2. The van der Waals surface area contributed by atoms with Crippen LogP contribution in [-0.4, -0.2) is 30.3 Å². The van der Waals surface area contributed by atoms with Gasteiger partial charge in [0.1, 0.15) is 0 Å². The van der Waals surface area contributed by atoms with Crippen LogP contribution in [0.5, 0.6) is 5.75 Å². The number of sulfonamides is 1. The molecule has 2 N–H and O–H groups in total. The second-order valence-corrected chi connectivity index (χ2v) is 9.13. The van der Waals surface area contributed by atoms with Gasteiger partial charge in [-0.1, -0.05) is 6.07 Å². The summed E-state index contributed by atoms with van der Waals surface area (Å²) in [5, 5.41) is 0. The summed E-state index contributed by atoms with van der Waals surface area (Å²) < 4.78 is 47.9. The molecule has 1 aliphatic carbocycles. The number of H-pyrrole nitrogens is 1. The average Bonchev–Trinajstić information content (AvgIpc) is 3.47. The average molecular weight is 425 g/mol. The molecule has 1 aromatic heterocycles. The van der Waals surface area contributed by atoms with E-state index in [1.165, 1.54) is 35.0 Å². The summed E-state index contributed by atoms with van der Waals surface area (Å²) >= 11 is 0. The molecule has 0 amide bonds. The van der Waals surface area contributed by atoms with E-state index in [2.05, 4.69) is 9.71 Å². The summed E-state index contributed by atoms with van der Waals surface area (Å²) in [6.45, 7) is 2.28. The van der Waals surface area contributed by atoms with Crippen molar-refractivity contribution in [1.29, 1.82) is 0 Å². The Bertz CT molecular complexity index is 1080. The second-order valence-electron chi connectivity index (χ2n) is 7.26. The van der Waals surface area contributed by atoms with Crippen LogP contribution < -0.4 is 20.7 Å². The first-order chi connectivity index (χ1) is 13.7. The normalized spacial score (nSPS) is 15.2. The topological polar surface area (TPSA) is 110 Å². The van der Waals surface area contributed by atoms with Crippen molar-refractivity contribution in [3.8, 4) is 5.75 Å². The number of benzene rings is 1. The SMILES string of the molecule is C[C@@H](NS(=O)(=O)CCCn1ccc(=O)[nH]c1=O)c1ccc(F)c(OCC2CC2)c1. The number of nitrogens with zero attached hydrogens (tertiary/aromatic N) is 1. The molecule has 0 bridgehead atoms. The molecule has 1 aromatic carbocycles. The van der Waals surface area contributed by atoms with E-state index in [4.69, 9.17) is 4.74 Å². The predicted molar refractivity (Wildman–Crippen MR) is 106 cm³/mol. The summed E-state index contributed by atoms with van der Waals surface area (Å²) in [5.74, 6) is -0.0765. The monoisotopic (exact) mass is 425 g/mol. The van der Waals surface area contributed by atoms with Crippen molar-refractivity contribution < 1.29 is 17.5 Å². The van der Waals surface area contributed by atoms with E-state index in [0.29, 0.717) is 18.1 Å². The molecule has 0 unspecified atom stereocenters. The first-order valence-electron chi connectivity index (χ1n) is 9.45. The van der Waals surface area contributed by atoms with Gasteiger partial charge in [-0.15, -0.1) is 0 Å². The lowest BCUT2D eigenvalue weighted by Gasteiger charge is -2.16. The highest BCUT2D eigenvalue weighted by Crippen LogP contribution is 2.31. The van der Waals surface area contributed by atoms with Crippen LogP contribution in [0.15, 0.2) is 40.1 Å². The fourth-order valence-corrected chi connectivity index (χ4v) is 4.14. The molecular weight excluding hydrogens is 401 g/mol. The minimum Gasteiger partial charge on any atom is -0.490 e. The number of nitrogens with one attached hydrogen (secondary N) is 2. The van der Waals surface area contributed by atoms with E-state index in [-0.39, 0.29) is 24.5 Å². The highest BCUT2D eigenvalue weighted by Gasteiger charge is 2.23. The van der Waals surface area contributed by atoms with Crippen LogP contribution in [0.3, 0.4) is 0 Å². The molecule has 2 aromatic rings. The molecule has 0 saturated heterocycles. The van der Waals surface area contributed by atoms with Crippen LogP contribution in [0.1, 0.15) is 37.8 Å². The van der Waals surface area contributed by atoms with Crippen molar-refractivity contribution in [2.75, 3.05) is 12.4 Å². The third-order valence-corrected chi connectivity index (χ3v) is 6.23. The van der Waals surface area contributed by atoms with Gasteiger partial charge < -0.3 is 9.30 Å². The maximum atomic E-state index is 13.9. The zero-order chi connectivity index (χ0) is 21.0. The largest absolute Gasteiger partial charge is 0.490 e. The van der Waals surface area contributed by atoms with Gasteiger partial charge in [0.15, 0.2) is 11.6 Å². The standard InChI is InChI=1S/C19H24FN3O5S/c1-13(15-5-6-16(20)17(11-15)28-12-14-3-4-14)22-29(26,27)10-2-8-23-9-7-18(24)21-19(23)25/h5-7,9,11,13-14,22H,2-4,8,10,12H2,1H3,(H,21,24,25)/t13-/m1/s1. The predicted octanol–water partition coefficient (Wildman–Crippen LogP) is 1.54. The molecule has 29 heavy (non-hydrogen) atoms. The van der Waals surface area contributed by atoms with Crippen molar-refractivity contribution in [3.05, 3.63) is 62.7 Å². The summed E-state index contributed by atoms with van der Waals surface area (Å²) in [7, 11) is -3.63. The maximum absolute atomic E-state index is 13.9. The summed E-state index contributed by atoms with van der Waals surface area (Å²) in [6.07, 6.45) is 3.68. The van der Waals surface area contributed by atoms with Crippen LogP contribution in [-0.2, 0) is 16.6 Å². The minimum atomic E-state index is -3.63. The Labute approximate surface area is 167 Å². The van der Waals surface area contributed by atoms with Gasteiger partial charge in [0.25, 0.3) is 5.56 Å². The number of hydrogen-bond donors (Lipinski definition) is 2. The lowest BCUT2D eigenvalue weighted by atomic mass is 10.1. The van der Waals surface area contributed by atoms with Gasteiger partial charge in [0.05, 0.1) is 12.4 Å². The number of hydrogen-bond acceptors (Lipinski definition) is 5. The van der Waals surface area contributed by atoms with Gasteiger partial charge in [0.2, 0.25) is 10.0 Å². The van der Waals surface area contributed by atoms with Crippen molar-refractivity contribution in [2.45, 2.75) is 38.8 Å². The van der Waals surface area contributed by atoms with Crippen LogP contribution in [0.4, 0.5) is 4.39 Å². The number of halogens is 1. The molecule has 3 rings (SSSR count). The molecular formula is C19H24FN3O5S. The fourth-order valence-electron chi connectivity index (χ4n) is 2.83. The van der Waals surface area contributed by atoms with Crippen molar-refractivity contribution >= 4 is 10.0 Å². The lowest BCUT2D eigenvalue weighted by molar-refractivity contribution is 0.285. The van der Waals surface area contributed by atoms with E-state index in [1.807, 2.05) is 0 Å². The number of ether oxygens (including phenoxy) is 1. The first-order valence-corrected chi connectivity index (χ1v) is 11.1. The molecule has 0 radical (unpaired) electrons. The molecule has 158 valence electrons. The number of rotatable bonds is 10. The van der Waals surface area contributed by atoms with E-state index in [0.717, 1.165) is 12.8 Å². The smallest absolute Gasteiger partial charge is 0.328 e. The summed E-state index contributed by atoms with van der Waals surface area (Å²) in [6, 6.07) is 4.94. The molecule has 1 aliphatic rings. The van der Waals surface area contributed by atoms with Gasteiger partial charge in [0, 0.05) is 24.8 Å². The molecule has 1 saturated carbocycles. The van der Waals surface area contributed by atoms with Crippen molar-refractivity contribution in [1.82, 2.24) is 14.3 Å². The van der Waals surface area contributed by atoms with E-state index >= 15 is 0 Å². The Morgan fingerprint density at radius 2 is 2.07 bits per heavy atom. The van der Waals surface area contributed by atoms with Gasteiger partial charge in [-0.05, 0) is 49.8 Å². The Kier molecular flexibility index (Phi) is 6.53. The highest BCUT2D eigenvalue weighted by molar-refractivity contribution is 7.89. The number of aromatic amines is 1. The fraction of sp³-hybridized carbons (Fsp3) is 0.474. The van der Waals surface area contributed by atoms with Crippen molar-refractivity contribution in [3.63, 3.8) is 0 Å².